The number of thioether (sulfide) groups is 1. The summed E-state index contributed by atoms with van der Waals surface area (Å²) in [7, 11) is 0. The minimum absolute atomic E-state index is 0.273. The summed E-state index contributed by atoms with van der Waals surface area (Å²) in [6.45, 7) is 10.1. The molecule has 4 heteroatoms. The Hall–Kier alpha value is -0.610. The van der Waals surface area contributed by atoms with E-state index in [1.54, 1.807) is 24.3 Å². The van der Waals surface area contributed by atoms with Gasteiger partial charge in [-0.25, -0.2) is 9.97 Å². The number of rotatable bonds is 6. The predicted molar refractivity (Wildman–Crippen MR) is 74.3 cm³/mol. The van der Waals surface area contributed by atoms with Crippen LogP contribution in [0.1, 0.15) is 34.1 Å². The molecule has 0 saturated carbocycles. The molecule has 17 heavy (non-hydrogen) atoms. The summed E-state index contributed by atoms with van der Waals surface area (Å²) < 4.78 is 0. The van der Waals surface area contributed by atoms with Gasteiger partial charge in [0.05, 0.1) is 5.03 Å². The number of hydrogen-bond donors (Lipinski definition) is 1. The van der Waals surface area contributed by atoms with Gasteiger partial charge in [-0.15, -0.1) is 11.8 Å². The van der Waals surface area contributed by atoms with Gasteiger partial charge in [-0.2, -0.15) is 0 Å². The minimum atomic E-state index is 0.273. The van der Waals surface area contributed by atoms with Crippen molar-refractivity contribution in [1.29, 1.82) is 0 Å². The van der Waals surface area contributed by atoms with Gasteiger partial charge in [-0.1, -0.05) is 27.7 Å². The number of hydrogen-bond acceptors (Lipinski definition) is 4. The highest BCUT2D eigenvalue weighted by atomic mass is 32.2. The molecule has 1 N–H and O–H groups in total. The molecular weight excluding hydrogens is 230 g/mol. The van der Waals surface area contributed by atoms with E-state index in [0.717, 1.165) is 17.3 Å². The van der Waals surface area contributed by atoms with Crippen LogP contribution in [0.4, 0.5) is 0 Å². The third kappa shape index (κ3) is 5.50. The van der Waals surface area contributed by atoms with Crippen LogP contribution in [0.5, 0.6) is 0 Å². The zero-order valence-electron chi connectivity index (χ0n) is 11.2. The standard InChI is InChI=1S/C13H23N3S/c1-5-7-15-11(13(2,3)4)9-17-12-6-8-14-10-16-12/h6,8,10-11,15H,5,7,9H2,1-4H3. The van der Waals surface area contributed by atoms with Gasteiger partial charge in [0, 0.05) is 18.0 Å². The van der Waals surface area contributed by atoms with Crippen molar-refractivity contribution in [3.8, 4) is 0 Å². The molecule has 3 nitrogen and oxygen atoms in total. The van der Waals surface area contributed by atoms with Crippen LogP contribution in [0.3, 0.4) is 0 Å². The fraction of sp³-hybridized carbons (Fsp3) is 0.692. The van der Waals surface area contributed by atoms with Crippen LogP contribution in [0, 0.1) is 5.41 Å². The van der Waals surface area contributed by atoms with Crippen LogP contribution >= 0.6 is 11.8 Å². The summed E-state index contributed by atoms with van der Waals surface area (Å²) in [6.07, 6.45) is 4.57. The smallest absolute Gasteiger partial charge is 0.116 e. The fourth-order valence-corrected chi connectivity index (χ4v) is 2.70. The highest BCUT2D eigenvalue weighted by Gasteiger charge is 2.23. The minimum Gasteiger partial charge on any atom is -0.313 e. The molecule has 0 radical (unpaired) electrons. The lowest BCUT2D eigenvalue weighted by molar-refractivity contribution is 0.292. The Labute approximate surface area is 109 Å². The van der Waals surface area contributed by atoms with E-state index in [-0.39, 0.29) is 5.41 Å². The van der Waals surface area contributed by atoms with Gasteiger partial charge in [0.1, 0.15) is 6.33 Å². The Balaban J connectivity index is 2.49. The zero-order chi connectivity index (χ0) is 12.7. The van der Waals surface area contributed by atoms with E-state index in [1.165, 1.54) is 6.42 Å². The molecule has 0 aromatic carbocycles. The van der Waals surface area contributed by atoms with Crippen LogP contribution in [-0.4, -0.2) is 28.3 Å². The summed E-state index contributed by atoms with van der Waals surface area (Å²) >= 11 is 1.79. The van der Waals surface area contributed by atoms with E-state index in [2.05, 4.69) is 43.0 Å². The largest absolute Gasteiger partial charge is 0.313 e. The summed E-state index contributed by atoms with van der Waals surface area (Å²) in [5.41, 5.74) is 0.273. The Bertz CT molecular complexity index is 308. The predicted octanol–water partition coefficient (Wildman–Crippen LogP) is 2.98. The Morgan fingerprint density at radius 1 is 1.41 bits per heavy atom. The van der Waals surface area contributed by atoms with Gasteiger partial charge < -0.3 is 5.32 Å². The molecular formula is C13H23N3S. The SMILES string of the molecule is CCCNC(CSc1ccncn1)C(C)(C)C. The lowest BCUT2D eigenvalue weighted by Gasteiger charge is -2.31. The summed E-state index contributed by atoms with van der Waals surface area (Å²) in [4.78, 5) is 8.17. The Morgan fingerprint density at radius 2 is 2.18 bits per heavy atom. The van der Waals surface area contributed by atoms with Crippen LogP contribution in [0.15, 0.2) is 23.6 Å². The van der Waals surface area contributed by atoms with E-state index < -0.39 is 0 Å². The van der Waals surface area contributed by atoms with Crippen molar-refractivity contribution in [3.63, 3.8) is 0 Å². The molecule has 0 aliphatic carbocycles. The van der Waals surface area contributed by atoms with E-state index in [1.807, 2.05) is 6.07 Å². The molecule has 1 atom stereocenters. The number of nitrogens with one attached hydrogen (secondary N) is 1. The quantitative estimate of drug-likeness (QED) is 0.625. The molecule has 1 unspecified atom stereocenters. The molecule has 1 rings (SSSR count). The highest BCUT2D eigenvalue weighted by Crippen LogP contribution is 2.25. The van der Waals surface area contributed by atoms with Gasteiger partial charge >= 0.3 is 0 Å². The second kappa shape index (κ2) is 6.97. The van der Waals surface area contributed by atoms with Crippen LogP contribution < -0.4 is 5.32 Å². The second-order valence-electron chi connectivity index (χ2n) is 5.23. The molecule has 0 aliphatic heterocycles. The number of nitrogens with zero attached hydrogens (tertiary/aromatic N) is 2. The van der Waals surface area contributed by atoms with Crippen molar-refractivity contribution >= 4 is 11.8 Å². The van der Waals surface area contributed by atoms with Gasteiger partial charge in [0.25, 0.3) is 0 Å². The Morgan fingerprint density at radius 3 is 2.71 bits per heavy atom. The molecule has 1 heterocycles. The summed E-state index contributed by atoms with van der Waals surface area (Å²) in [5, 5.41) is 4.66. The van der Waals surface area contributed by atoms with E-state index in [0.29, 0.717) is 6.04 Å². The summed E-state index contributed by atoms with van der Waals surface area (Å²) in [5.74, 6) is 1.04. The summed E-state index contributed by atoms with van der Waals surface area (Å²) in [6, 6.07) is 2.46. The maximum Gasteiger partial charge on any atom is 0.116 e. The highest BCUT2D eigenvalue weighted by molar-refractivity contribution is 7.99. The third-order valence-corrected chi connectivity index (χ3v) is 3.68. The fourth-order valence-electron chi connectivity index (χ4n) is 1.47. The molecule has 0 bridgehead atoms. The van der Waals surface area contributed by atoms with Crippen molar-refractivity contribution in [2.75, 3.05) is 12.3 Å². The molecule has 0 amide bonds. The van der Waals surface area contributed by atoms with Crippen molar-refractivity contribution in [3.05, 3.63) is 18.6 Å². The van der Waals surface area contributed by atoms with Crippen molar-refractivity contribution in [2.45, 2.75) is 45.2 Å². The normalized spacial score (nSPS) is 13.6. The van der Waals surface area contributed by atoms with Crippen molar-refractivity contribution in [2.24, 2.45) is 5.41 Å². The average molecular weight is 253 g/mol. The maximum atomic E-state index is 4.24. The van der Waals surface area contributed by atoms with Crippen molar-refractivity contribution in [1.82, 2.24) is 15.3 Å². The topological polar surface area (TPSA) is 37.8 Å². The van der Waals surface area contributed by atoms with Crippen LogP contribution in [0.25, 0.3) is 0 Å². The third-order valence-electron chi connectivity index (χ3n) is 2.64. The van der Waals surface area contributed by atoms with Crippen LogP contribution in [0.2, 0.25) is 0 Å². The molecule has 1 aromatic heterocycles. The van der Waals surface area contributed by atoms with Crippen LogP contribution in [-0.2, 0) is 0 Å². The lowest BCUT2D eigenvalue weighted by atomic mass is 9.88. The first-order valence-corrected chi connectivity index (χ1v) is 7.14. The van der Waals surface area contributed by atoms with E-state index in [4.69, 9.17) is 0 Å². The lowest BCUT2D eigenvalue weighted by Crippen LogP contribution is -2.42. The van der Waals surface area contributed by atoms with Crippen molar-refractivity contribution < 1.29 is 0 Å². The molecule has 0 spiro atoms. The van der Waals surface area contributed by atoms with Gasteiger partial charge in [0.15, 0.2) is 0 Å². The van der Waals surface area contributed by atoms with E-state index in [9.17, 15) is 0 Å². The monoisotopic (exact) mass is 253 g/mol. The molecule has 96 valence electrons. The first kappa shape index (κ1) is 14.5. The molecule has 1 aromatic rings. The molecule has 0 fully saturated rings. The Kier molecular flexibility index (Phi) is 5.92. The van der Waals surface area contributed by atoms with Gasteiger partial charge in [-0.3, -0.25) is 0 Å². The molecule has 0 saturated heterocycles. The van der Waals surface area contributed by atoms with Gasteiger partial charge in [-0.05, 0) is 24.4 Å². The second-order valence-corrected chi connectivity index (χ2v) is 6.27. The van der Waals surface area contributed by atoms with Gasteiger partial charge in [0.2, 0.25) is 0 Å². The maximum absolute atomic E-state index is 4.24. The first-order valence-electron chi connectivity index (χ1n) is 6.16. The van der Waals surface area contributed by atoms with E-state index >= 15 is 0 Å². The number of aromatic nitrogens is 2. The average Bonchev–Trinajstić information content (AvgIpc) is 2.29. The first-order chi connectivity index (χ1) is 8.04. The molecule has 0 aliphatic rings. The zero-order valence-corrected chi connectivity index (χ0v) is 12.0.